The fourth-order valence-electron chi connectivity index (χ4n) is 2.90. The second-order valence-electron chi connectivity index (χ2n) is 7.15. The number of nitrogens with zero attached hydrogens (tertiary/aromatic N) is 6. The summed E-state index contributed by atoms with van der Waals surface area (Å²) >= 11 is 2.87. The molecule has 0 unspecified atom stereocenters. The van der Waals surface area contributed by atoms with Crippen LogP contribution in [-0.2, 0) is 5.75 Å². The maximum Gasteiger partial charge on any atom is 0.257 e. The van der Waals surface area contributed by atoms with Gasteiger partial charge in [0.05, 0.1) is 0 Å². The first kappa shape index (κ1) is 20.4. The zero-order valence-electron chi connectivity index (χ0n) is 17.1. The van der Waals surface area contributed by atoms with Gasteiger partial charge in [0, 0.05) is 28.6 Å². The molecule has 0 saturated carbocycles. The third-order valence-corrected chi connectivity index (χ3v) is 6.40. The molecule has 1 aromatic carbocycles. The minimum Gasteiger partial charge on any atom is -0.296 e. The quantitative estimate of drug-likeness (QED) is 0.448. The Labute approximate surface area is 182 Å². The van der Waals surface area contributed by atoms with Gasteiger partial charge in [-0.05, 0) is 31.5 Å². The van der Waals surface area contributed by atoms with Crippen molar-refractivity contribution in [3.8, 4) is 0 Å². The Bertz CT molecular complexity index is 1220. The molecule has 1 amide bonds. The molecule has 0 spiro atoms. The summed E-state index contributed by atoms with van der Waals surface area (Å²) in [6, 6.07) is 9.48. The molecule has 3 heterocycles. The van der Waals surface area contributed by atoms with Gasteiger partial charge in [0.2, 0.25) is 10.3 Å². The Morgan fingerprint density at radius 3 is 2.77 bits per heavy atom. The fraction of sp³-hybridized carbons (Fsp3) is 0.300. The number of nitrogens with one attached hydrogen (secondary N) is 1. The van der Waals surface area contributed by atoms with Gasteiger partial charge in [0.25, 0.3) is 11.7 Å². The van der Waals surface area contributed by atoms with Crippen molar-refractivity contribution in [2.45, 2.75) is 44.5 Å². The molecule has 30 heavy (non-hydrogen) atoms. The van der Waals surface area contributed by atoms with E-state index >= 15 is 0 Å². The van der Waals surface area contributed by atoms with Gasteiger partial charge in [-0.2, -0.15) is 4.98 Å². The van der Waals surface area contributed by atoms with Crippen LogP contribution in [0.4, 0.5) is 5.13 Å². The number of hydrogen-bond donors (Lipinski definition) is 1. The van der Waals surface area contributed by atoms with Crippen molar-refractivity contribution in [1.82, 2.24) is 29.8 Å². The lowest BCUT2D eigenvalue weighted by Crippen LogP contribution is -2.13. The number of amides is 1. The van der Waals surface area contributed by atoms with Crippen molar-refractivity contribution in [1.29, 1.82) is 0 Å². The molecule has 4 rings (SSSR count). The molecule has 3 aromatic heterocycles. The Kier molecular flexibility index (Phi) is 5.78. The van der Waals surface area contributed by atoms with Crippen molar-refractivity contribution >= 4 is 39.9 Å². The van der Waals surface area contributed by atoms with Crippen molar-refractivity contribution in [2.24, 2.45) is 0 Å². The molecule has 4 aromatic rings. The lowest BCUT2D eigenvalue weighted by Gasteiger charge is -2.07. The van der Waals surface area contributed by atoms with E-state index in [9.17, 15) is 4.79 Å². The van der Waals surface area contributed by atoms with E-state index in [1.807, 2.05) is 58.0 Å². The van der Waals surface area contributed by atoms with Crippen LogP contribution in [0.2, 0.25) is 0 Å². The number of benzene rings is 1. The number of aromatic nitrogens is 6. The summed E-state index contributed by atoms with van der Waals surface area (Å²) in [7, 11) is 0. The van der Waals surface area contributed by atoms with Gasteiger partial charge in [0.15, 0.2) is 0 Å². The summed E-state index contributed by atoms with van der Waals surface area (Å²) in [5, 5.41) is 17.6. The number of hydrogen-bond acceptors (Lipinski definition) is 8. The third kappa shape index (κ3) is 4.34. The van der Waals surface area contributed by atoms with E-state index in [0.29, 0.717) is 27.4 Å². The van der Waals surface area contributed by atoms with E-state index in [2.05, 4.69) is 30.6 Å². The summed E-state index contributed by atoms with van der Waals surface area (Å²) in [6.45, 7) is 8.00. The van der Waals surface area contributed by atoms with Crippen LogP contribution in [0.5, 0.6) is 0 Å². The number of fused-ring (bicyclic) bond motifs is 1. The topological polar surface area (TPSA) is 98.0 Å². The molecule has 0 radical (unpaired) electrons. The molecule has 0 saturated heterocycles. The van der Waals surface area contributed by atoms with Gasteiger partial charge in [-0.25, -0.2) is 9.50 Å². The largest absolute Gasteiger partial charge is 0.296 e. The highest BCUT2D eigenvalue weighted by Crippen LogP contribution is 2.25. The normalized spacial score (nSPS) is 11.4. The Hall–Kier alpha value is -2.85. The van der Waals surface area contributed by atoms with E-state index in [1.54, 1.807) is 4.52 Å². The van der Waals surface area contributed by atoms with Crippen molar-refractivity contribution in [3.63, 3.8) is 0 Å². The average Bonchev–Trinajstić information content (AvgIpc) is 3.33. The van der Waals surface area contributed by atoms with Crippen molar-refractivity contribution < 1.29 is 4.79 Å². The zero-order chi connectivity index (χ0) is 21.3. The molecule has 1 N–H and O–H groups in total. The van der Waals surface area contributed by atoms with Crippen LogP contribution in [-0.4, -0.2) is 35.7 Å². The standard InChI is InChI=1S/C20H21N7OS2/c1-11(2)17-24-25-19(30-17)22-16(28)15-8-6-5-7-14(15)10-29-20-23-18-21-12(3)9-13(4)27(18)26-20/h5-9,11H,10H2,1-4H3,(H,22,25,28). The Morgan fingerprint density at radius 1 is 1.20 bits per heavy atom. The number of carbonyl (C=O) groups is 1. The predicted octanol–water partition coefficient (Wildman–Crippen LogP) is 4.26. The number of rotatable bonds is 6. The average molecular weight is 440 g/mol. The fourth-order valence-corrected chi connectivity index (χ4v) is 4.46. The molecular weight excluding hydrogens is 418 g/mol. The molecule has 0 bridgehead atoms. The predicted molar refractivity (Wildman–Crippen MR) is 118 cm³/mol. The minimum atomic E-state index is -0.200. The first-order chi connectivity index (χ1) is 14.4. The van der Waals surface area contributed by atoms with Crippen LogP contribution in [0.3, 0.4) is 0 Å². The van der Waals surface area contributed by atoms with Crippen molar-refractivity contribution in [3.05, 3.63) is 57.9 Å². The van der Waals surface area contributed by atoms with Gasteiger partial charge in [-0.3, -0.25) is 10.1 Å². The van der Waals surface area contributed by atoms with E-state index in [-0.39, 0.29) is 11.8 Å². The molecule has 10 heteroatoms. The maximum atomic E-state index is 12.8. The van der Waals surface area contributed by atoms with Crippen molar-refractivity contribution in [2.75, 3.05) is 5.32 Å². The highest BCUT2D eigenvalue weighted by molar-refractivity contribution is 7.98. The van der Waals surface area contributed by atoms with Crippen LogP contribution in [0.15, 0.2) is 35.5 Å². The highest BCUT2D eigenvalue weighted by Gasteiger charge is 2.16. The smallest absolute Gasteiger partial charge is 0.257 e. The lowest BCUT2D eigenvalue weighted by molar-refractivity contribution is 0.102. The summed E-state index contributed by atoms with van der Waals surface area (Å²) in [4.78, 5) is 21.7. The lowest BCUT2D eigenvalue weighted by atomic mass is 10.1. The number of carbonyl (C=O) groups excluding carboxylic acids is 1. The molecule has 0 aliphatic heterocycles. The summed E-state index contributed by atoms with van der Waals surface area (Å²) in [6.07, 6.45) is 0. The second kappa shape index (κ2) is 8.49. The Morgan fingerprint density at radius 2 is 2.00 bits per heavy atom. The van der Waals surface area contributed by atoms with Gasteiger partial charge in [-0.1, -0.05) is 55.1 Å². The summed E-state index contributed by atoms with van der Waals surface area (Å²) in [5.41, 5.74) is 3.38. The van der Waals surface area contributed by atoms with Crippen LogP contribution in [0, 0.1) is 13.8 Å². The van der Waals surface area contributed by atoms with Gasteiger partial charge in [-0.15, -0.1) is 15.3 Å². The number of anilines is 1. The van der Waals surface area contributed by atoms with E-state index in [4.69, 9.17) is 0 Å². The molecule has 0 atom stereocenters. The van der Waals surface area contributed by atoms with Crippen LogP contribution >= 0.6 is 23.1 Å². The molecule has 0 fully saturated rings. The zero-order valence-corrected chi connectivity index (χ0v) is 18.7. The summed E-state index contributed by atoms with van der Waals surface area (Å²) < 4.78 is 1.73. The molecule has 0 aliphatic rings. The monoisotopic (exact) mass is 439 g/mol. The van der Waals surface area contributed by atoms with Crippen LogP contribution in [0.1, 0.15) is 52.1 Å². The van der Waals surface area contributed by atoms with Gasteiger partial charge in [0.1, 0.15) is 5.01 Å². The number of thioether (sulfide) groups is 1. The van der Waals surface area contributed by atoms with Gasteiger partial charge >= 0.3 is 0 Å². The first-order valence-corrected chi connectivity index (χ1v) is 11.3. The third-order valence-electron chi connectivity index (χ3n) is 4.37. The Balaban J connectivity index is 1.50. The summed E-state index contributed by atoms with van der Waals surface area (Å²) in [5.74, 6) is 1.22. The highest BCUT2D eigenvalue weighted by atomic mass is 32.2. The molecular formula is C20H21N7OS2. The van der Waals surface area contributed by atoms with E-state index in [0.717, 1.165) is 22.0 Å². The molecule has 8 nitrogen and oxygen atoms in total. The first-order valence-electron chi connectivity index (χ1n) is 9.47. The molecule has 0 aliphatic carbocycles. The second-order valence-corrected chi connectivity index (χ2v) is 9.10. The van der Waals surface area contributed by atoms with Gasteiger partial charge < -0.3 is 0 Å². The minimum absolute atomic E-state index is 0.200. The van der Waals surface area contributed by atoms with E-state index in [1.165, 1.54) is 23.1 Å². The SMILES string of the molecule is Cc1cc(C)n2nc(SCc3ccccc3C(=O)Nc3nnc(C(C)C)s3)nc2n1. The number of aryl methyl sites for hydroxylation is 2. The maximum absolute atomic E-state index is 12.8. The molecule has 154 valence electrons. The van der Waals surface area contributed by atoms with Crippen LogP contribution in [0.25, 0.3) is 5.78 Å². The van der Waals surface area contributed by atoms with Crippen LogP contribution < -0.4 is 5.32 Å². The van der Waals surface area contributed by atoms with E-state index < -0.39 is 0 Å².